The summed E-state index contributed by atoms with van der Waals surface area (Å²) in [5.74, 6) is -0.00546. The maximum absolute atomic E-state index is 10.9. The first-order chi connectivity index (χ1) is 5.27. The highest BCUT2D eigenvalue weighted by atomic mass is 16.5. The topological polar surface area (TPSA) is 53.3 Å². The van der Waals surface area contributed by atoms with Crippen molar-refractivity contribution in [3.8, 4) is 6.07 Å². The molecule has 1 heterocycles. The van der Waals surface area contributed by atoms with Gasteiger partial charge in [0.1, 0.15) is 0 Å². The van der Waals surface area contributed by atoms with Crippen LogP contribution in [0.3, 0.4) is 0 Å². The van der Waals surface area contributed by atoms with E-state index in [4.69, 9.17) is 5.26 Å². The predicted molar refractivity (Wildman–Crippen MR) is 37.7 cm³/mol. The molecule has 1 saturated heterocycles. The van der Waals surface area contributed by atoms with Crippen LogP contribution in [0.4, 0.5) is 4.79 Å². The van der Waals surface area contributed by atoms with E-state index in [-0.39, 0.29) is 12.0 Å². The van der Waals surface area contributed by atoms with Crippen LogP contribution in [-0.4, -0.2) is 31.2 Å². The molecule has 1 atom stereocenters. The third-order valence-corrected chi connectivity index (χ3v) is 1.80. The van der Waals surface area contributed by atoms with Crippen LogP contribution in [0.15, 0.2) is 0 Å². The van der Waals surface area contributed by atoms with Gasteiger partial charge in [-0.05, 0) is 6.42 Å². The molecule has 4 nitrogen and oxygen atoms in total. The van der Waals surface area contributed by atoms with Crippen LogP contribution >= 0.6 is 0 Å². The standard InChI is InChI=1S/C7H10N2O2/c1-11-7(10)9-3-2-6(4-8)5-9/h6H,2-3,5H2,1H3/t6-/m0/s1. The maximum Gasteiger partial charge on any atom is 0.409 e. The van der Waals surface area contributed by atoms with Crippen molar-refractivity contribution in [2.24, 2.45) is 5.92 Å². The molecule has 0 N–H and O–H groups in total. The Morgan fingerprint density at radius 3 is 3.00 bits per heavy atom. The Hall–Kier alpha value is -1.24. The highest BCUT2D eigenvalue weighted by molar-refractivity contribution is 5.67. The van der Waals surface area contributed by atoms with Gasteiger partial charge in [-0.3, -0.25) is 0 Å². The number of ether oxygens (including phenoxy) is 1. The van der Waals surface area contributed by atoms with Gasteiger partial charge < -0.3 is 9.64 Å². The highest BCUT2D eigenvalue weighted by Crippen LogP contribution is 2.15. The molecule has 1 amide bonds. The van der Waals surface area contributed by atoms with Crippen molar-refractivity contribution in [1.29, 1.82) is 5.26 Å². The number of likely N-dealkylation sites (tertiary alicyclic amines) is 1. The van der Waals surface area contributed by atoms with Gasteiger partial charge in [0.25, 0.3) is 0 Å². The minimum atomic E-state index is -0.331. The number of nitriles is 1. The van der Waals surface area contributed by atoms with Crippen molar-refractivity contribution >= 4 is 6.09 Å². The summed E-state index contributed by atoms with van der Waals surface area (Å²) >= 11 is 0. The third kappa shape index (κ3) is 1.61. The lowest BCUT2D eigenvalue weighted by atomic mass is 10.1. The molecule has 0 aliphatic carbocycles. The lowest BCUT2D eigenvalue weighted by molar-refractivity contribution is 0.132. The zero-order valence-electron chi connectivity index (χ0n) is 6.41. The molecule has 0 aromatic carbocycles. The van der Waals surface area contributed by atoms with Gasteiger partial charge >= 0.3 is 6.09 Å². The van der Waals surface area contributed by atoms with Crippen LogP contribution in [0, 0.1) is 17.2 Å². The predicted octanol–water partition coefficient (Wildman–Crippen LogP) is 0.598. The average Bonchev–Trinajstić information content (AvgIpc) is 2.50. The Labute approximate surface area is 65.4 Å². The van der Waals surface area contributed by atoms with E-state index in [0.29, 0.717) is 13.1 Å². The van der Waals surface area contributed by atoms with Gasteiger partial charge in [-0.25, -0.2) is 4.79 Å². The maximum atomic E-state index is 10.9. The summed E-state index contributed by atoms with van der Waals surface area (Å²) in [6.07, 6.45) is 0.439. The summed E-state index contributed by atoms with van der Waals surface area (Å²) in [5, 5.41) is 8.51. The summed E-state index contributed by atoms with van der Waals surface area (Å²) in [5.41, 5.74) is 0. The van der Waals surface area contributed by atoms with E-state index in [1.54, 1.807) is 4.90 Å². The molecule has 0 aromatic rings. The summed E-state index contributed by atoms with van der Waals surface area (Å²) in [4.78, 5) is 12.4. The lowest BCUT2D eigenvalue weighted by Crippen LogP contribution is -2.28. The van der Waals surface area contributed by atoms with Gasteiger partial charge in [-0.15, -0.1) is 0 Å². The molecule has 0 aromatic heterocycles. The average molecular weight is 154 g/mol. The number of nitrogens with zero attached hydrogens (tertiary/aromatic N) is 2. The Morgan fingerprint density at radius 1 is 1.82 bits per heavy atom. The fraction of sp³-hybridized carbons (Fsp3) is 0.714. The van der Waals surface area contributed by atoms with Crippen molar-refractivity contribution in [1.82, 2.24) is 4.90 Å². The van der Waals surface area contributed by atoms with Crippen molar-refractivity contribution in [2.45, 2.75) is 6.42 Å². The first kappa shape index (κ1) is 7.86. The second-order valence-corrected chi connectivity index (χ2v) is 2.53. The third-order valence-electron chi connectivity index (χ3n) is 1.80. The number of carbonyl (C=O) groups is 1. The quantitative estimate of drug-likeness (QED) is 0.513. The minimum absolute atomic E-state index is 0.00546. The molecular formula is C7H10N2O2. The van der Waals surface area contributed by atoms with E-state index in [0.717, 1.165) is 6.42 Å². The summed E-state index contributed by atoms with van der Waals surface area (Å²) in [6.45, 7) is 1.16. The monoisotopic (exact) mass is 154 g/mol. The fourth-order valence-electron chi connectivity index (χ4n) is 1.16. The molecule has 1 aliphatic heterocycles. The molecule has 1 aliphatic rings. The first-order valence-electron chi connectivity index (χ1n) is 3.50. The van der Waals surface area contributed by atoms with E-state index >= 15 is 0 Å². The van der Waals surface area contributed by atoms with E-state index in [2.05, 4.69) is 10.8 Å². The van der Waals surface area contributed by atoms with Gasteiger partial charge in [0.15, 0.2) is 0 Å². The summed E-state index contributed by atoms with van der Waals surface area (Å²) < 4.78 is 4.50. The molecule has 1 fully saturated rings. The SMILES string of the molecule is COC(=O)N1CC[C@@H](C#N)C1. The smallest absolute Gasteiger partial charge is 0.409 e. The fourth-order valence-corrected chi connectivity index (χ4v) is 1.16. The van der Waals surface area contributed by atoms with E-state index < -0.39 is 0 Å². The Balaban J connectivity index is 2.43. The number of amides is 1. The van der Waals surface area contributed by atoms with Gasteiger partial charge in [0, 0.05) is 13.1 Å². The minimum Gasteiger partial charge on any atom is -0.453 e. The van der Waals surface area contributed by atoms with Gasteiger partial charge in [0.05, 0.1) is 19.1 Å². The number of methoxy groups -OCH3 is 1. The number of hydrogen-bond donors (Lipinski definition) is 0. The zero-order chi connectivity index (χ0) is 8.27. The van der Waals surface area contributed by atoms with Crippen LogP contribution in [0.2, 0.25) is 0 Å². The number of carbonyl (C=O) groups excluding carboxylic acids is 1. The van der Waals surface area contributed by atoms with E-state index in [9.17, 15) is 4.79 Å². The normalized spacial score (nSPS) is 22.9. The van der Waals surface area contributed by atoms with Crippen LogP contribution in [0.25, 0.3) is 0 Å². The Morgan fingerprint density at radius 2 is 2.55 bits per heavy atom. The van der Waals surface area contributed by atoms with Gasteiger partial charge in [0.2, 0.25) is 0 Å². The van der Waals surface area contributed by atoms with Crippen molar-refractivity contribution in [2.75, 3.05) is 20.2 Å². The molecular weight excluding hydrogens is 144 g/mol. The van der Waals surface area contributed by atoms with Crippen molar-refractivity contribution in [3.63, 3.8) is 0 Å². The molecule has 0 spiro atoms. The summed E-state index contributed by atoms with van der Waals surface area (Å²) in [7, 11) is 1.35. The number of rotatable bonds is 0. The van der Waals surface area contributed by atoms with E-state index in [1.807, 2.05) is 0 Å². The molecule has 0 saturated carbocycles. The Kier molecular flexibility index (Phi) is 2.32. The Bertz CT molecular complexity index is 197. The molecule has 0 unspecified atom stereocenters. The molecule has 60 valence electrons. The second-order valence-electron chi connectivity index (χ2n) is 2.53. The summed E-state index contributed by atoms with van der Waals surface area (Å²) in [6, 6.07) is 2.12. The largest absolute Gasteiger partial charge is 0.453 e. The molecule has 11 heavy (non-hydrogen) atoms. The van der Waals surface area contributed by atoms with Crippen LogP contribution < -0.4 is 0 Å². The van der Waals surface area contributed by atoms with Crippen molar-refractivity contribution < 1.29 is 9.53 Å². The van der Waals surface area contributed by atoms with Gasteiger partial charge in [-0.2, -0.15) is 5.26 Å². The van der Waals surface area contributed by atoms with Crippen LogP contribution in [-0.2, 0) is 4.74 Å². The van der Waals surface area contributed by atoms with Crippen LogP contribution in [0.5, 0.6) is 0 Å². The van der Waals surface area contributed by atoms with Crippen molar-refractivity contribution in [3.05, 3.63) is 0 Å². The van der Waals surface area contributed by atoms with Crippen LogP contribution in [0.1, 0.15) is 6.42 Å². The molecule has 1 rings (SSSR count). The van der Waals surface area contributed by atoms with E-state index in [1.165, 1.54) is 7.11 Å². The highest BCUT2D eigenvalue weighted by Gasteiger charge is 2.26. The molecule has 0 radical (unpaired) electrons. The number of hydrogen-bond acceptors (Lipinski definition) is 3. The second kappa shape index (κ2) is 3.24. The molecule has 4 heteroatoms. The van der Waals surface area contributed by atoms with Gasteiger partial charge in [-0.1, -0.05) is 0 Å². The molecule has 0 bridgehead atoms. The first-order valence-corrected chi connectivity index (χ1v) is 3.50. The zero-order valence-corrected chi connectivity index (χ0v) is 6.41. The lowest BCUT2D eigenvalue weighted by Gasteiger charge is -2.12.